The van der Waals surface area contributed by atoms with Crippen LogP contribution in [0.1, 0.15) is 17.5 Å². The quantitative estimate of drug-likeness (QED) is 0.815. The Hall–Kier alpha value is -1.17. The van der Waals surface area contributed by atoms with Crippen LogP contribution in [0, 0.1) is 12.3 Å². The van der Waals surface area contributed by atoms with Crippen LogP contribution in [0.25, 0.3) is 0 Å². The molecule has 1 atom stereocenters. The standard InChI is InChI=1S/C14H17NO.ClH/c1-3-9-15(2)12-8-7-11-5-4-6-14(16)13(11)10-12;/h1,4-6,12,16H,7-10H2,2H3;1H. The molecule has 1 aliphatic rings. The molecule has 17 heavy (non-hydrogen) atoms. The monoisotopic (exact) mass is 251 g/mol. The average molecular weight is 252 g/mol. The zero-order valence-corrected chi connectivity index (χ0v) is 10.8. The molecule has 0 amide bonds. The molecule has 1 aromatic rings. The van der Waals surface area contributed by atoms with Crippen molar-refractivity contribution in [2.75, 3.05) is 13.6 Å². The molecule has 0 saturated carbocycles. The van der Waals surface area contributed by atoms with E-state index in [1.165, 1.54) is 5.56 Å². The van der Waals surface area contributed by atoms with Crippen molar-refractivity contribution in [3.8, 4) is 18.1 Å². The Bertz CT molecular complexity index is 425. The molecule has 1 unspecified atom stereocenters. The second kappa shape index (κ2) is 5.95. The molecule has 0 aromatic heterocycles. The van der Waals surface area contributed by atoms with E-state index < -0.39 is 0 Å². The Morgan fingerprint density at radius 2 is 2.29 bits per heavy atom. The molecule has 1 aliphatic carbocycles. The number of hydrogen-bond acceptors (Lipinski definition) is 2. The summed E-state index contributed by atoms with van der Waals surface area (Å²) < 4.78 is 0. The first-order valence-corrected chi connectivity index (χ1v) is 5.66. The minimum Gasteiger partial charge on any atom is -0.508 e. The maximum atomic E-state index is 9.83. The molecule has 1 N–H and O–H groups in total. The minimum absolute atomic E-state index is 0. The molecule has 0 radical (unpaired) electrons. The number of terminal acetylenes is 1. The van der Waals surface area contributed by atoms with Crippen LogP contribution < -0.4 is 0 Å². The zero-order valence-electron chi connectivity index (χ0n) is 10.0. The van der Waals surface area contributed by atoms with Gasteiger partial charge >= 0.3 is 0 Å². The highest BCUT2D eigenvalue weighted by Gasteiger charge is 2.23. The van der Waals surface area contributed by atoms with Gasteiger partial charge in [-0.25, -0.2) is 0 Å². The van der Waals surface area contributed by atoms with Crippen LogP contribution in [0.15, 0.2) is 18.2 Å². The normalized spacial score (nSPS) is 18.1. The molecule has 0 bridgehead atoms. The van der Waals surface area contributed by atoms with Crippen LogP contribution >= 0.6 is 12.4 Å². The molecule has 92 valence electrons. The zero-order chi connectivity index (χ0) is 11.5. The Morgan fingerprint density at radius 3 is 3.00 bits per heavy atom. The van der Waals surface area contributed by atoms with Crippen LogP contribution in [0.3, 0.4) is 0 Å². The molecule has 0 saturated heterocycles. The van der Waals surface area contributed by atoms with Gasteiger partial charge in [0.15, 0.2) is 0 Å². The first-order valence-electron chi connectivity index (χ1n) is 5.66. The van der Waals surface area contributed by atoms with Gasteiger partial charge in [-0.3, -0.25) is 4.90 Å². The van der Waals surface area contributed by atoms with Crippen molar-refractivity contribution < 1.29 is 5.11 Å². The van der Waals surface area contributed by atoms with E-state index in [1.54, 1.807) is 6.07 Å². The number of nitrogens with zero attached hydrogens (tertiary/aromatic N) is 1. The highest BCUT2D eigenvalue weighted by molar-refractivity contribution is 5.85. The molecule has 1 aromatic carbocycles. The van der Waals surface area contributed by atoms with Crippen molar-refractivity contribution in [2.24, 2.45) is 0 Å². The number of phenolic OH excluding ortho intramolecular Hbond substituents is 1. The lowest BCUT2D eigenvalue weighted by atomic mass is 9.87. The summed E-state index contributed by atoms with van der Waals surface area (Å²) in [6.07, 6.45) is 8.37. The van der Waals surface area contributed by atoms with Gasteiger partial charge in [0.25, 0.3) is 0 Å². The van der Waals surface area contributed by atoms with E-state index in [-0.39, 0.29) is 12.4 Å². The third-order valence-corrected chi connectivity index (χ3v) is 3.40. The third-order valence-electron chi connectivity index (χ3n) is 3.40. The molecule has 0 fully saturated rings. The summed E-state index contributed by atoms with van der Waals surface area (Å²) in [4.78, 5) is 2.19. The van der Waals surface area contributed by atoms with Crippen molar-refractivity contribution >= 4 is 12.4 Å². The van der Waals surface area contributed by atoms with Crippen molar-refractivity contribution in [1.82, 2.24) is 4.90 Å². The fourth-order valence-electron chi connectivity index (χ4n) is 2.40. The topological polar surface area (TPSA) is 23.5 Å². The van der Waals surface area contributed by atoms with Gasteiger partial charge in [0.05, 0.1) is 6.54 Å². The van der Waals surface area contributed by atoms with Gasteiger partial charge in [0.1, 0.15) is 5.75 Å². The highest BCUT2D eigenvalue weighted by atomic mass is 35.5. The van der Waals surface area contributed by atoms with E-state index in [9.17, 15) is 5.11 Å². The Kier molecular flexibility index (Phi) is 4.86. The molecule has 2 rings (SSSR count). The summed E-state index contributed by atoms with van der Waals surface area (Å²) in [6, 6.07) is 6.24. The molecule has 0 heterocycles. The highest BCUT2D eigenvalue weighted by Crippen LogP contribution is 2.30. The van der Waals surface area contributed by atoms with E-state index in [0.717, 1.165) is 24.8 Å². The number of likely N-dealkylation sites (N-methyl/N-ethyl adjacent to an activating group) is 1. The van der Waals surface area contributed by atoms with Gasteiger partial charge in [-0.2, -0.15) is 0 Å². The first kappa shape index (κ1) is 13.9. The van der Waals surface area contributed by atoms with Gasteiger partial charge in [0, 0.05) is 6.04 Å². The Labute approximate surface area is 109 Å². The van der Waals surface area contributed by atoms with Crippen LogP contribution in [0.2, 0.25) is 0 Å². The van der Waals surface area contributed by atoms with E-state index in [2.05, 4.69) is 23.9 Å². The molecule has 3 heteroatoms. The summed E-state index contributed by atoms with van der Waals surface area (Å²) >= 11 is 0. The predicted molar refractivity (Wildman–Crippen MR) is 72.6 cm³/mol. The fourth-order valence-corrected chi connectivity index (χ4v) is 2.40. The molecular formula is C14H18ClNO. The number of rotatable bonds is 2. The second-order valence-electron chi connectivity index (χ2n) is 4.43. The van der Waals surface area contributed by atoms with Gasteiger partial charge in [0.2, 0.25) is 0 Å². The maximum absolute atomic E-state index is 9.83. The van der Waals surface area contributed by atoms with Crippen molar-refractivity contribution in [3.05, 3.63) is 29.3 Å². The van der Waals surface area contributed by atoms with E-state index in [4.69, 9.17) is 6.42 Å². The largest absolute Gasteiger partial charge is 0.508 e. The van der Waals surface area contributed by atoms with E-state index in [0.29, 0.717) is 18.3 Å². The predicted octanol–water partition coefficient (Wildman–Crippen LogP) is 2.24. The third kappa shape index (κ3) is 2.94. The van der Waals surface area contributed by atoms with Crippen molar-refractivity contribution in [1.29, 1.82) is 0 Å². The van der Waals surface area contributed by atoms with Crippen LogP contribution in [-0.4, -0.2) is 29.6 Å². The molecular weight excluding hydrogens is 234 g/mol. The summed E-state index contributed by atoms with van der Waals surface area (Å²) in [5, 5.41) is 9.83. The van der Waals surface area contributed by atoms with Gasteiger partial charge in [-0.1, -0.05) is 18.1 Å². The number of aromatic hydroxyl groups is 1. The maximum Gasteiger partial charge on any atom is 0.119 e. The lowest BCUT2D eigenvalue weighted by Gasteiger charge is -2.31. The summed E-state index contributed by atoms with van der Waals surface area (Å²) in [6.45, 7) is 0.674. The lowest BCUT2D eigenvalue weighted by Crippen LogP contribution is -2.36. The number of aryl methyl sites for hydroxylation is 1. The van der Waals surface area contributed by atoms with Crippen molar-refractivity contribution in [2.45, 2.75) is 25.3 Å². The van der Waals surface area contributed by atoms with Gasteiger partial charge < -0.3 is 5.11 Å². The molecule has 2 nitrogen and oxygen atoms in total. The second-order valence-corrected chi connectivity index (χ2v) is 4.43. The fraction of sp³-hybridized carbons (Fsp3) is 0.429. The summed E-state index contributed by atoms with van der Waals surface area (Å²) in [7, 11) is 2.05. The summed E-state index contributed by atoms with van der Waals surface area (Å²) in [5.41, 5.74) is 2.38. The Morgan fingerprint density at radius 1 is 1.53 bits per heavy atom. The number of halogens is 1. The van der Waals surface area contributed by atoms with Crippen molar-refractivity contribution in [3.63, 3.8) is 0 Å². The SMILES string of the molecule is C#CCN(C)C1CCc2cccc(O)c2C1.Cl. The number of fused-ring (bicyclic) bond motifs is 1. The van der Waals surface area contributed by atoms with Crippen LogP contribution in [0.4, 0.5) is 0 Å². The average Bonchev–Trinajstić information content (AvgIpc) is 2.29. The number of benzene rings is 1. The number of phenols is 1. The van der Waals surface area contributed by atoms with Crippen LogP contribution in [-0.2, 0) is 12.8 Å². The lowest BCUT2D eigenvalue weighted by molar-refractivity contribution is 0.245. The molecule has 0 aliphatic heterocycles. The minimum atomic E-state index is 0. The van der Waals surface area contributed by atoms with Crippen LogP contribution in [0.5, 0.6) is 5.75 Å². The number of hydrogen-bond donors (Lipinski definition) is 1. The molecule has 0 spiro atoms. The van der Waals surface area contributed by atoms with E-state index in [1.807, 2.05) is 6.07 Å². The van der Waals surface area contributed by atoms with E-state index >= 15 is 0 Å². The van der Waals surface area contributed by atoms with Gasteiger partial charge in [-0.05, 0) is 43.5 Å². The Balaban J connectivity index is 0.00000144. The first-order chi connectivity index (χ1) is 7.72. The summed E-state index contributed by atoms with van der Waals surface area (Å²) in [5.74, 6) is 3.09. The smallest absolute Gasteiger partial charge is 0.119 e. The van der Waals surface area contributed by atoms with Gasteiger partial charge in [-0.15, -0.1) is 18.8 Å².